The quantitative estimate of drug-likeness (QED) is 0.161. The zero-order chi connectivity index (χ0) is 45.2. The number of rotatable bonds is 5. The van der Waals surface area contributed by atoms with Crippen molar-refractivity contribution in [2.75, 3.05) is 0 Å². The van der Waals surface area contributed by atoms with Crippen molar-refractivity contribution in [3.05, 3.63) is 155 Å². The Morgan fingerprint density at radius 2 is 1.46 bits per heavy atom. The van der Waals surface area contributed by atoms with Crippen molar-refractivity contribution in [1.82, 2.24) is 19.5 Å². The summed E-state index contributed by atoms with van der Waals surface area (Å²) in [5.41, 5.74) is 10.7. The molecule has 0 bridgehead atoms. The molecule has 9 aromatic rings. The third-order valence-electron chi connectivity index (χ3n) is 11.2. The van der Waals surface area contributed by atoms with Crippen molar-refractivity contribution < 1.29 is 33.0 Å². The SMILES string of the molecule is CC(C)c1cccc(C(C)C)c1-n1c(-c2[c-]ccc3c2oc2cc4ccccc4cc23)nc2c(C(C)(C)C)nccc21.[2H]C([2H])([2H])c1c[c-]c(-c2ccc(C(C)(C)C)cn2)c(F)c1.[Ir]. The molecule has 313 valence electrons. The molecular weight excluding hydrogens is 932 g/mol. The van der Waals surface area contributed by atoms with Crippen molar-refractivity contribution in [2.45, 2.75) is 98.8 Å². The van der Waals surface area contributed by atoms with Crippen LogP contribution in [0, 0.1) is 24.8 Å². The van der Waals surface area contributed by atoms with E-state index >= 15 is 0 Å². The number of imidazole rings is 1. The molecule has 1 radical (unpaired) electrons. The Balaban J connectivity index is 0.000000236. The van der Waals surface area contributed by atoms with Gasteiger partial charge in [0.2, 0.25) is 0 Å². The zero-order valence-corrected chi connectivity index (χ0v) is 38.9. The first-order chi connectivity index (χ1) is 29.7. The molecule has 0 aliphatic heterocycles. The van der Waals surface area contributed by atoms with Crippen LogP contribution in [-0.4, -0.2) is 19.5 Å². The summed E-state index contributed by atoms with van der Waals surface area (Å²) in [6, 6.07) is 37.9. The van der Waals surface area contributed by atoms with Crippen LogP contribution in [0.15, 0.2) is 114 Å². The van der Waals surface area contributed by atoms with Crippen LogP contribution in [-0.2, 0) is 30.9 Å². The van der Waals surface area contributed by atoms with Crippen LogP contribution >= 0.6 is 0 Å². The third-order valence-corrected chi connectivity index (χ3v) is 11.2. The number of benzene rings is 5. The minimum atomic E-state index is -2.33. The molecule has 0 spiro atoms. The Labute approximate surface area is 377 Å². The van der Waals surface area contributed by atoms with Crippen LogP contribution in [0.5, 0.6) is 0 Å². The first kappa shape index (κ1) is 39.6. The molecule has 4 aromatic heterocycles. The summed E-state index contributed by atoms with van der Waals surface area (Å²) in [5, 5.41) is 4.53. The first-order valence-corrected chi connectivity index (χ1v) is 20.7. The molecule has 0 amide bonds. The fourth-order valence-corrected chi connectivity index (χ4v) is 7.96. The number of hydrogen-bond acceptors (Lipinski definition) is 4. The number of hydrogen-bond donors (Lipinski definition) is 0. The van der Waals surface area contributed by atoms with E-state index in [-0.39, 0.29) is 42.1 Å². The Bertz CT molecular complexity index is 3130. The molecule has 0 unspecified atom stereocenters. The van der Waals surface area contributed by atoms with E-state index in [4.69, 9.17) is 18.5 Å². The van der Waals surface area contributed by atoms with E-state index in [0.717, 1.165) is 67.1 Å². The number of furan rings is 1. The number of aromatic nitrogens is 4. The van der Waals surface area contributed by atoms with E-state index in [1.807, 2.05) is 18.3 Å². The van der Waals surface area contributed by atoms with Gasteiger partial charge in [0.05, 0.1) is 28.1 Å². The molecule has 0 saturated carbocycles. The van der Waals surface area contributed by atoms with Crippen LogP contribution in [0.1, 0.15) is 113 Å². The van der Waals surface area contributed by atoms with Crippen LogP contribution < -0.4 is 0 Å². The maximum Gasteiger partial charge on any atom is 0.121 e. The smallest absolute Gasteiger partial charge is 0.121 e. The fourth-order valence-electron chi connectivity index (χ4n) is 7.96. The predicted octanol–water partition coefficient (Wildman–Crippen LogP) is 14.8. The van der Waals surface area contributed by atoms with Crippen LogP contribution in [0.25, 0.3) is 72.1 Å². The summed E-state index contributed by atoms with van der Waals surface area (Å²) >= 11 is 0. The van der Waals surface area contributed by atoms with Crippen LogP contribution in [0.2, 0.25) is 0 Å². The minimum Gasteiger partial charge on any atom is -0.501 e. The molecule has 0 saturated heterocycles. The molecule has 5 nitrogen and oxygen atoms in total. The van der Waals surface area contributed by atoms with Crippen molar-refractivity contribution in [2.24, 2.45) is 0 Å². The van der Waals surface area contributed by atoms with Gasteiger partial charge in [-0.3, -0.25) is 14.4 Å². The molecule has 7 heteroatoms. The van der Waals surface area contributed by atoms with Crippen molar-refractivity contribution >= 4 is 43.7 Å². The van der Waals surface area contributed by atoms with Crippen LogP contribution in [0.3, 0.4) is 0 Å². The molecule has 0 fully saturated rings. The summed E-state index contributed by atoms with van der Waals surface area (Å²) in [6.07, 6.45) is 3.63. The molecule has 61 heavy (non-hydrogen) atoms. The Kier molecular flexibility index (Phi) is 10.9. The first-order valence-electron chi connectivity index (χ1n) is 22.2. The van der Waals surface area contributed by atoms with E-state index in [0.29, 0.717) is 17.5 Å². The van der Waals surface area contributed by atoms with Crippen molar-refractivity contribution in [1.29, 1.82) is 0 Å². The maximum atomic E-state index is 14.1. The topological polar surface area (TPSA) is 56.7 Å². The number of para-hydroxylation sites is 1. The van der Waals surface area contributed by atoms with Gasteiger partial charge < -0.3 is 14.0 Å². The monoisotopic (exact) mass is 988 g/mol. The van der Waals surface area contributed by atoms with E-state index in [2.05, 4.69) is 158 Å². The largest absolute Gasteiger partial charge is 0.501 e. The number of pyridine rings is 2. The molecule has 0 atom stereocenters. The standard InChI is InChI=1S/C38H36N3O.C16H17FN.Ir/c1-22(2)26-14-10-15-27(23(3)4)34(26)41-31-18-19-39-36(38(5,6)7)33(31)40-37(41)29-17-11-16-28-30-20-24-12-8-9-13-25(24)21-32(30)42-35(28)29;1-11-5-7-13(14(17)9-11)15-8-6-12(10-18-15)16(2,3)4;/h8-16,18-23H,1-7H3;5-6,8-10H,1-4H3;/q2*-1;/i;1D3;. The fraction of sp³-hybridized carbons (Fsp3) is 0.278. The molecule has 0 aliphatic rings. The predicted molar refractivity (Wildman–Crippen MR) is 247 cm³/mol. The van der Waals surface area contributed by atoms with E-state index in [1.165, 1.54) is 28.3 Å². The normalized spacial score (nSPS) is 13.0. The number of fused-ring (bicyclic) bond motifs is 5. The van der Waals surface area contributed by atoms with Gasteiger partial charge in [0, 0.05) is 58.9 Å². The van der Waals surface area contributed by atoms with Gasteiger partial charge >= 0.3 is 0 Å². The summed E-state index contributed by atoms with van der Waals surface area (Å²) in [4.78, 5) is 14.5. The average molecular weight is 988 g/mol. The third kappa shape index (κ3) is 8.31. The molecule has 0 aliphatic carbocycles. The van der Waals surface area contributed by atoms with Crippen molar-refractivity contribution in [3.63, 3.8) is 0 Å². The Morgan fingerprint density at radius 1 is 0.754 bits per heavy atom. The van der Waals surface area contributed by atoms with E-state index < -0.39 is 12.7 Å². The van der Waals surface area contributed by atoms with Crippen molar-refractivity contribution in [3.8, 4) is 28.3 Å². The Hall–Kier alpha value is -5.49. The van der Waals surface area contributed by atoms with Gasteiger partial charge in [0.15, 0.2) is 0 Å². The molecule has 9 rings (SSSR count). The van der Waals surface area contributed by atoms with Gasteiger partial charge in [-0.15, -0.1) is 42.0 Å². The van der Waals surface area contributed by atoms with Gasteiger partial charge in [-0.25, -0.2) is 0 Å². The van der Waals surface area contributed by atoms with Gasteiger partial charge in [-0.2, -0.15) is 0 Å². The minimum absolute atomic E-state index is 0. The summed E-state index contributed by atoms with van der Waals surface area (Å²) in [6.45, 7) is 19.5. The van der Waals surface area contributed by atoms with E-state index in [1.54, 1.807) is 12.3 Å². The Morgan fingerprint density at radius 3 is 2.07 bits per heavy atom. The van der Waals surface area contributed by atoms with Gasteiger partial charge in [0.25, 0.3) is 0 Å². The number of nitrogens with zero attached hydrogens (tertiary/aromatic N) is 4. The molecule has 5 aromatic carbocycles. The summed E-state index contributed by atoms with van der Waals surface area (Å²) in [7, 11) is 0. The second-order valence-corrected chi connectivity index (χ2v) is 18.3. The molecule has 4 heterocycles. The second kappa shape index (κ2) is 16.8. The molecular formula is C54H53FIrN4O-2. The van der Waals surface area contributed by atoms with Gasteiger partial charge in [-0.05, 0) is 68.6 Å². The summed E-state index contributed by atoms with van der Waals surface area (Å²) < 4.78 is 44.9. The zero-order valence-electron chi connectivity index (χ0n) is 39.5. The van der Waals surface area contributed by atoms with E-state index in [9.17, 15) is 4.39 Å². The summed E-state index contributed by atoms with van der Waals surface area (Å²) in [5.74, 6) is 0.852. The van der Waals surface area contributed by atoms with Crippen LogP contribution in [0.4, 0.5) is 4.39 Å². The average Bonchev–Trinajstić information content (AvgIpc) is 3.80. The number of aryl methyl sites for hydroxylation is 1. The second-order valence-electron chi connectivity index (χ2n) is 18.3. The van der Waals surface area contributed by atoms with Gasteiger partial charge in [0.1, 0.15) is 5.58 Å². The molecule has 0 N–H and O–H groups in total. The maximum absolute atomic E-state index is 14.1. The number of halogens is 1. The van der Waals surface area contributed by atoms with Gasteiger partial charge in [-0.1, -0.05) is 147 Å².